The van der Waals surface area contributed by atoms with E-state index in [4.69, 9.17) is 21.1 Å². The first-order valence-electron chi connectivity index (χ1n) is 15.7. The Hall–Kier alpha value is -2.62. The van der Waals surface area contributed by atoms with Gasteiger partial charge in [-0.2, -0.15) is 4.31 Å². The zero-order valence-electron chi connectivity index (χ0n) is 26.1. The third-order valence-corrected chi connectivity index (χ3v) is 11.2. The molecule has 6 rings (SSSR count). The highest BCUT2D eigenvalue weighted by Crippen LogP contribution is 2.33. The van der Waals surface area contributed by atoms with Crippen LogP contribution in [0.4, 0.5) is 0 Å². The van der Waals surface area contributed by atoms with Crippen LogP contribution < -0.4 is 26.5 Å². The van der Waals surface area contributed by atoms with E-state index in [0.717, 1.165) is 46.8 Å². The summed E-state index contributed by atoms with van der Waals surface area (Å²) in [5, 5.41) is 2.26. The van der Waals surface area contributed by atoms with Gasteiger partial charge < -0.3 is 30.9 Å². The van der Waals surface area contributed by atoms with Gasteiger partial charge in [-0.3, -0.25) is 0 Å². The van der Waals surface area contributed by atoms with Gasteiger partial charge in [-0.1, -0.05) is 65.2 Å². The molecule has 9 heteroatoms. The maximum absolute atomic E-state index is 14.2. The number of benzene rings is 4. The van der Waals surface area contributed by atoms with Crippen molar-refractivity contribution in [2.24, 2.45) is 0 Å². The summed E-state index contributed by atoms with van der Waals surface area (Å²) in [4.78, 5) is 0.280. The first-order chi connectivity index (χ1) is 21.2. The van der Waals surface area contributed by atoms with Gasteiger partial charge in [0.25, 0.3) is 0 Å². The summed E-state index contributed by atoms with van der Waals surface area (Å²) in [6, 6.07) is 23.4. The van der Waals surface area contributed by atoms with E-state index in [-0.39, 0.29) is 28.4 Å². The minimum Gasteiger partial charge on any atom is -1.00 e. The molecule has 0 atom stereocenters. The van der Waals surface area contributed by atoms with Gasteiger partial charge in [-0.05, 0) is 68.0 Å². The van der Waals surface area contributed by atoms with Crippen LogP contribution in [0.15, 0.2) is 77.7 Å². The molecule has 45 heavy (non-hydrogen) atoms. The number of nitrogens with zero attached hydrogens (tertiary/aromatic N) is 2. The number of likely N-dealkylation sites (tertiary alicyclic amines) is 1. The van der Waals surface area contributed by atoms with E-state index in [1.54, 1.807) is 22.5 Å². The second kappa shape index (κ2) is 14.4. The molecule has 2 aliphatic heterocycles. The fourth-order valence-electron chi connectivity index (χ4n) is 6.96. The molecule has 0 N–H and O–H groups in total. The molecule has 4 aromatic carbocycles. The molecule has 1 fully saturated rings. The van der Waals surface area contributed by atoms with Gasteiger partial charge >= 0.3 is 0 Å². The standard InChI is InChI=1S/C36H42ClN2O4S.BrH/c1-27-20-28(2)22-30(21-27)26-39(16-5-6-17-39)15-4-3-14-38(25-29-10-13-35-36(23-29)43-19-18-42-35)44(40,41)32-11-12-33-31(24-32)8-7-9-34(33)37;/h7-13,20-24H,3-6,14-19,25-26H2,1-2H3;1H/q+1;/p-1. The summed E-state index contributed by atoms with van der Waals surface area (Å²) in [5.41, 5.74) is 4.91. The Labute approximate surface area is 283 Å². The molecule has 2 aliphatic rings. The van der Waals surface area contributed by atoms with Crippen LogP contribution >= 0.6 is 11.6 Å². The van der Waals surface area contributed by atoms with Crippen molar-refractivity contribution < 1.29 is 39.4 Å². The maximum Gasteiger partial charge on any atom is 0.243 e. The number of unbranched alkanes of at least 4 members (excludes halogenated alkanes) is 1. The highest BCUT2D eigenvalue weighted by molar-refractivity contribution is 7.89. The molecule has 0 amide bonds. The SMILES string of the molecule is Cc1cc(C)cc(C[N+]2(CCCCN(Cc3ccc4c(c3)OCCO4)S(=O)(=O)c3ccc4c(Cl)cccc4c3)CCCC2)c1.[Br-]. The molecule has 0 radical (unpaired) electrons. The van der Waals surface area contributed by atoms with Crippen molar-refractivity contribution in [3.8, 4) is 11.5 Å². The molecule has 0 spiro atoms. The molecule has 4 aromatic rings. The van der Waals surface area contributed by atoms with Gasteiger partial charge in [0.2, 0.25) is 10.0 Å². The first-order valence-corrected chi connectivity index (χ1v) is 17.5. The van der Waals surface area contributed by atoms with E-state index >= 15 is 0 Å². The first kappa shape index (κ1) is 33.7. The number of aryl methyl sites for hydroxylation is 2. The fraction of sp³-hybridized carbons (Fsp3) is 0.389. The number of ether oxygens (including phenoxy) is 2. The number of fused-ring (bicyclic) bond motifs is 2. The van der Waals surface area contributed by atoms with E-state index in [2.05, 4.69) is 32.0 Å². The van der Waals surface area contributed by atoms with Crippen LogP contribution in [0, 0.1) is 13.8 Å². The Morgan fingerprint density at radius 3 is 2.31 bits per heavy atom. The van der Waals surface area contributed by atoms with E-state index < -0.39 is 10.0 Å². The summed E-state index contributed by atoms with van der Waals surface area (Å²) in [6.45, 7) is 10.5. The number of hydrogen-bond donors (Lipinski definition) is 0. The van der Waals surface area contributed by atoms with E-state index in [1.807, 2.05) is 36.4 Å². The lowest BCUT2D eigenvalue weighted by atomic mass is 10.1. The van der Waals surface area contributed by atoms with Gasteiger partial charge in [-0.25, -0.2) is 8.42 Å². The van der Waals surface area contributed by atoms with E-state index in [1.165, 1.54) is 42.6 Å². The summed E-state index contributed by atoms with van der Waals surface area (Å²) in [7, 11) is -3.78. The smallest absolute Gasteiger partial charge is 0.243 e. The second-order valence-electron chi connectivity index (χ2n) is 12.5. The summed E-state index contributed by atoms with van der Waals surface area (Å²) in [6.07, 6.45) is 4.25. The normalized spacial score (nSPS) is 15.7. The van der Waals surface area contributed by atoms with Crippen LogP contribution in [-0.2, 0) is 23.1 Å². The van der Waals surface area contributed by atoms with Crippen molar-refractivity contribution in [3.05, 3.63) is 100 Å². The third-order valence-electron chi connectivity index (χ3n) is 9.01. The lowest BCUT2D eigenvalue weighted by Crippen LogP contribution is -3.00. The topological polar surface area (TPSA) is 55.8 Å². The molecule has 0 unspecified atom stereocenters. The molecular weight excluding hydrogens is 672 g/mol. The molecular formula is C36H42BrClN2O4S. The third kappa shape index (κ3) is 7.86. The zero-order chi connectivity index (χ0) is 30.7. The van der Waals surface area contributed by atoms with Crippen LogP contribution in [0.2, 0.25) is 5.02 Å². The summed E-state index contributed by atoms with van der Waals surface area (Å²) < 4.78 is 42.6. The molecule has 0 aromatic heterocycles. The molecule has 6 nitrogen and oxygen atoms in total. The molecule has 240 valence electrons. The van der Waals surface area contributed by atoms with Gasteiger partial charge in [0, 0.05) is 41.9 Å². The van der Waals surface area contributed by atoms with Crippen molar-refractivity contribution >= 4 is 32.4 Å². The summed E-state index contributed by atoms with van der Waals surface area (Å²) >= 11 is 6.38. The van der Waals surface area contributed by atoms with Crippen molar-refractivity contribution in [3.63, 3.8) is 0 Å². The predicted molar refractivity (Wildman–Crippen MR) is 177 cm³/mol. The Morgan fingerprint density at radius 2 is 1.56 bits per heavy atom. The van der Waals surface area contributed by atoms with Crippen molar-refractivity contribution in [1.29, 1.82) is 0 Å². The number of hydrogen-bond acceptors (Lipinski definition) is 4. The van der Waals surface area contributed by atoms with Gasteiger partial charge in [0.15, 0.2) is 11.5 Å². The molecule has 1 saturated heterocycles. The quantitative estimate of drug-likeness (QED) is 0.168. The average Bonchev–Trinajstić information content (AvgIpc) is 3.46. The molecule has 2 heterocycles. The van der Waals surface area contributed by atoms with Crippen molar-refractivity contribution in [1.82, 2.24) is 4.31 Å². The highest BCUT2D eigenvalue weighted by atomic mass is 79.9. The van der Waals surface area contributed by atoms with Gasteiger partial charge in [0.1, 0.15) is 19.8 Å². The second-order valence-corrected chi connectivity index (χ2v) is 14.9. The average molecular weight is 714 g/mol. The highest BCUT2D eigenvalue weighted by Gasteiger charge is 2.32. The van der Waals surface area contributed by atoms with Crippen molar-refractivity contribution in [2.75, 3.05) is 39.4 Å². The number of rotatable bonds is 11. The number of halogens is 2. The monoisotopic (exact) mass is 712 g/mol. The Bertz CT molecular complexity index is 1740. The Morgan fingerprint density at radius 1 is 0.822 bits per heavy atom. The minimum absolute atomic E-state index is 0. The molecule has 0 saturated carbocycles. The summed E-state index contributed by atoms with van der Waals surface area (Å²) in [5.74, 6) is 1.36. The minimum atomic E-state index is -3.78. The van der Waals surface area contributed by atoms with Crippen molar-refractivity contribution in [2.45, 2.75) is 57.5 Å². The van der Waals surface area contributed by atoms with E-state index in [0.29, 0.717) is 36.3 Å². The van der Waals surface area contributed by atoms with Gasteiger partial charge in [-0.15, -0.1) is 0 Å². The van der Waals surface area contributed by atoms with Crippen LogP contribution in [0.3, 0.4) is 0 Å². The molecule has 0 aliphatic carbocycles. The van der Waals surface area contributed by atoms with Crippen LogP contribution in [0.5, 0.6) is 11.5 Å². The van der Waals surface area contributed by atoms with Crippen LogP contribution in [0.25, 0.3) is 10.8 Å². The number of sulfonamides is 1. The predicted octanol–water partition coefficient (Wildman–Crippen LogP) is 4.67. The lowest BCUT2D eigenvalue weighted by molar-refractivity contribution is -0.929. The van der Waals surface area contributed by atoms with Gasteiger partial charge in [0.05, 0.1) is 24.5 Å². The van der Waals surface area contributed by atoms with Crippen LogP contribution in [0.1, 0.15) is 47.9 Å². The maximum atomic E-state index is 14.2. The largest absolute Gasteiger partial charge is 1.00 e. The molecule has 0 bridgehead atoms. The Kier molecular flexibility index (Phi) is 10.8. The zero-order valence-corrected chi connectivity index (χ0v) is 29.3. The fourth-order valence-corrected chi connectivity index (χ4v) is 8.70. The Balaban J connectivity index is 0.00000400. The van der Waals surface area contributed by atoms with E-state index in [9.17, 15) is 8.42 Å². The number of quaternary nitrogens is 1. The van der Waals surface area contributed by atoms with Crippen LogP contribution in [-0.4, -0.2) is 56.6 Å². The lowest BCUT2D eigenvalue weighted by Gasteiger charge is -2.35.